The van der Waals surface area contributed by atoms with E-state index in [4.69, 9.17) is 4.74 Å². The van der Waals surface area contributed by atoms with Gasteiger partial charge in [0.25, 0.3) is 5.91 Å². The Bertz CT molecular complexity index is 824. The molecule has 1 saturated heterocycles. The van der Waals surface area contributed by atoms with E-state index >= 15 is 0 Å². The Morgan fingerprint density at radius 1 is 1.38 bits per heavy atom. The minimum Gasteiger partial charge on any atom is -0.481 e. The van der Waals surface area contributed by atoms with Crippen LogP contribution in [0.3, 0.4) is 0 Å². The van der Waals surface area contributed by atoms with E-state index in [1.807, 2.05) is 10.3 Å². The predicted molar refractivity (Wildman–Crippen MR) is 99.8 cm³/mol. The van der Waals surface area contributed by atoms with E-state index in [-0.39, 0.29) is 24.6 Å². The summed E-state index contributed by atoms with van der Waals surface area (Å²) < 4.78 is 5.49. The molecule has 0 aliphatic carbocycles. The topological polar surface area (TPSA) is 74.8 Å². The van der Waals surface area contributed by atoms with Gasteiger partial charge in [-0.2, -0.15) is 0 Å². The standard InChI is InChI=1S/C18H20N4O3S/c1-21-13-6-5-12(10-15(13)25-11-16(21)23)20-18(24)22-8-3-2-4-14(22)17-19-7-9-26-17/h5-7,9-10,14H,2-4,8,11H2,1H3,(H,20,24)/t14-/m0/s1. The number of hydrogen-bond donors (Lipinski definition) is 1. The number of fused-ring (bicyclic) bond motifs is 1. The summed E-state index contributed by atoms with van der Waals surface area (Å²) in [5, 5.41) is 5.88. The average molecular weight is 372 g/mol. The number of anilines is 2. The van der Waals surface area contributed by atoms with Crippen molar-refractivity contribution in [1.82, 2.24) is 9.88 Å². The minimum atomic E-state index is -0.134. The SMILES string of the molecule is CN1C(=O)COc2cc(NC(=O)N3CCCC[C@H]3c3nccs3)ccc21. The molecule has 2 aliphatic heterocycles. The molecule has 0 saturated carbocycles. The van der Waals surface area contributed by atoms with Crippen molar-refractivity contribution in [1.29, 1.82) is 0 Å². The number of nitrogens with one attached hydrogen (secondary N) is 1. The second-order valence-corrected chi connectivity index (χ2v) is 7.36. The molecule has 3 heterocycles. The number of urea groups is 1. The average Bonchev–Trinajstić information content (AvgIpc) is 3.19. The molecule has 2 aliphatic rings. The fraction of sp³-hybridized carbons (Fsp3) is 0.389. The number of piperidine rings is 1. The van der Waals surface area contributed by atoms with E-state index in [0.29, 0.717) is 17.1 Å². The maximum absolute atomic E-state index is 12.8. The molecule has 8 heteroatoms. The predicted octanol–water partition coefficient (Wildman–Crippen LogP) is 3.26. The normalized spacial score (nSPS) is 19.7. The first-order chi connectivity index (χ1) is 12.6. The maximum Gasteiger partial charge on any atom is 0.322 e. The highest BCUT2D eigenvalue weighted by Crippen LogP contribution is 2.35. The lowest BCUT2D eigenvalue weighted by molar-refractivity contribution is -0.120. The van der Waals surface area contributed by atoms with Gasteiger partial charge in [-0.25, -0.2) is 9.78 Å². The lowest BCUT2D eigenvalue weighted by Gasteiger charge is -2.34. The van der Waals surface area contributed by atoms with Gasteiger partial charge in [0.1, 0.15) is 10.8 Å². The van der Waals surface area contributed by atoms with Crippen LogP contribution in [0.2, 0.25) is 0 Å². The van der Waals surface area contributed by atoms with Crippen LogP contribution in [0.4, 0.5) is 16.2 Å². The van der Waals surface area contributed by atoms with Gasteiger partial charge in [0.05, 0.1) is 11.7 Å². The minimum absolute atomic E-state index is 0.0130. The van der Waals surface area contributed by atoms with Crippen molar-refractivity contribution >= 4 is 34.6 Å². The van der Waals surface area contributed by atoms with Crippen molar-refractivity contribution in [3.63, 3.8) is 0 Å². The van der Waals surface area contributed by atoms with Gasteiger partial charge >= 0.3 is 6.03 Å². The molecule has 26 heavy (non-hydrogen) atoms. The molecule has 2 aromatic rings. The Hall–Kier alpha value is -2.61. The molecule has 0 unspecified atom stereocenters. The summed E-state index contributed by atoms with van der Waals surface area (Å²) in [6.07, 6.45) is 4.81. The number of carbonyl (C=O) groups excluding carboxylic acids is 2. The third kappa shape index (κ3) is 3.12. The molecule has 4 rings (SSSR count). The van der Waals surface area contributed by atoms with Crippen LogP contribution in [0.25, 0.3) is 0 Å². The molecule has 3 amide bonds. The van der Waals surface area contributed by atoms with Crippen LogP contribution in [0.5, 0.6) is 5.75 Å². The molecule has 0 spiro atoms. The first-order valence-corrected chi connectivity index (χ1v) is 9.52. The highest BCUT2D eigenvalue weighted by Gasteiger charge is 2.30. The van der Waals surface area contributed by atoms with Gasteiger partial charge in [-0.05, 0) is 31.4 Å². The fourth-order valence-electron chi connectivity index (χ4n) is 3.38. The lowest BCUT2D eigenvalue weighted by atomic mass is 10.0. The first kappa shape index (κ1) is 16.8. The van der Waals surface area contributed by atoms with Crippen LogP contribution in [0.1, 0.15) is 30.3 Å². The number of aromatic nitrogens is 1. The van der Waals surface area contributed by atoms with Gasteiger partial charge in [0, 0.05) is 36.9 Å². The zero-order valence-electron chi connectivity index (χ0n) is 14.5. The number of nitrogens with zero attached hydrogens (tertiary/aromatic N) is 3. The van der Waals surface area contributed by atoms with Crippen molar-refractivity contribution in [2.45, 2.75) is 25.3 Å². The van der Waals surface area contributed by atoms with Crippen LogP contribution in [-0.2, 0) is 4.79 Å². The molecule has 1 atom stereocenters. The quantitative estimate of drug-likeness (QED) is 0.878. The third-order valence-electron chi connectivity index (χ3n) is 4.80. The molecule has 0 radical (unpaired) electrons. The molecule has 1 N–H and O–H groups in total. The van der Waals surface area contributed by atoms with Gasteiger partial charge in [0.2, 0.25) is 0 Å². The molecule has 136 valence electrons. The van der Waals surface area contributed by atoms with Crippen molar-refractivity contribution < 1.29 is 14.3 Å². The number of benzene rings is 1. The van der Waals surface area contributed by atoms with Crippen molar-refractivity contribution in [3.05, 3.63) is 34.8 Å². The molecular weight excluding hydrogens is 352 g/mol. The van der Waals surface area contributed by atoms with Gasteiger partial charge in [-0.15, -0.1) is 11.3 Å². The molecule has 0 bridgehead atoms. The summed E-state index contributed by atoms with van der Waals surface area (Å²) in [5.74, 6) is 0.508. The summed E-state index contributed by atoms with van der Waals surface area (Å²) in [4.78, 5) is 32.4. The Labute approximate surface area is 155 Å². The number of likely N-dealkylation sites (tertiary alicyclic amines) is 1. The third-order valence-corrected chi connectivity index (χ3v) is 5.67. The summed E-state index contributed by atoms with van der Waals surface area (Å²) in [7, 11) is 1.72. The Kier molecular flexibility index (Phi) is 4.50. The van der Waals surface area contributed by atoms with E-state index in [1.165, 1.54) is 0 Å². The van der Waals surface area contributed by atoms with E-state index in [2.05, 4.69) is 10.3 Å². The Balaban J connectivity index is 1.51. The number of amides is 3. The van der Waals surface area contributed by atoms with Crippen molar-refractivity contribution in [2.24, 2.45) is 0 Å². The van der Waals surface area contributed by atoms with Gasteiger partial charge in [0.15, 0.2) is 6.61 Å². The monoisotopic (exact) mass is 372 g/mol. The maximum atomic E-state index is 12.8. The van der Waals surface area contributed by atoms with E-state index in [9.17, 15) is 9.59 Å². The summed E-state index contributed by atoms with van der Waals surface area (Å²) in [6, 6.07) is 5.23. The lowest BCUT2D eigenvalue weighted by Crippen LogP contribution is -2.41. The van der Waals surface area contributed by atoms with Crippen LogP contribution < -0.4 is 15.0 Å². The Morgan fingerprint density at radius 2 is 2.27 bits per heavy atom. The van der Waals surface area contributed by atoms with Gasteiger partial charge in [-0.3, -0.25) is 4.79 Å². The number of thiazole rings is 1. The number of carbonyl (C=O) groups is 2. The molecule has 1 aromatic heterocycles. The number of ether oxygens (including phenoxy) is 1. The van der Waals surface area contributed by atoms with Crippen LogP contribution in [0, 0.1) is 0 Å². The molecule has 1 aromatic carbocycles. The summed E-state index contributed by atoms with van der Waals surface area (Å²) in [5.41, 5.74) is 1.36. The second-order valence-electron chi connectivity index (χ2n) is 6.43. The smallest absolute Gasteiger partial charge is 0.322 e. The molecular formula is C18H20N4O3S. The number of rotatable bonds is 2. The summed E-state index contributed by atoms with van der Waals surface area (Å²) >= 11 is 1.59. The van der Waals surface area contributed by atoms with Crippen molar-refractivity contribution in [2.75, 3.05) is 30.4 Å². The van der Waals surface area contributed by atoms with Gasteiger partial charge < -0.3 is 19.9 Å². The molecule has 7 nitrogen and oxygen atoms in total. The zero-order chi connectivity index (χ0) is 18.1. The summed E-state index contributed by atoms with van der Waals surface area (Å²) in [6.45, 7) is 0.730. The largest absolute Gasteiger partial charge is 0.481 e. The second kappa shape index (κ2) is 6.95. The zero-order valence-corrected chi connectivity index (χ0v) is 15.3. The van der Waals surface area contributed by atoms with Gasteiger partial charge in [-0.1, -0.05) is 0 Å². The van der Waals surface area contributed by atoms with Crippen LogP contribution >= 0.6 is 11.3 Å². The molecule has 1 fully saturated rings. The van der Waals surface area contributed by atoms with E-state index in [0.717, 1.165) is 30.8 Å². The van der Waals surface area contributed by atoms with Crippen LogP contribution in [-0.4, -0.2) is 42.0 Å². The van der Waals surface area contributed by atoms with E-state index in [1.54, 1.807) is 47.7 Å². The van der Waals surface area contributed by atoms with E-state index < -0.39 is 0 Å². The van der Waals surface area contributed by atoms with Crippen molar-refractivity contribution in [3.8, 4) is 5.75 Å². The first-order valence-electron chi connectivity index (χ1n) is 8.64. The fourth-order valence-corrected chi connectivity index (χ4v) is 4.17. The highest BCUT2D eigenvalue weighted by atomic mass is 32.1. The van der Waals surface area contributed by atoms with Crippen LogP contribution in [0.15, 0.2) is 29.8 Å². The number of hydrogen-bond acceptors (Lipinski definition) is 5. The Morgan fingerprint density at radius 3 is 3.08 bits per heavy atom. The number of likely N-dealkylation sites (N-methyl/N-ethyl adjacent to an activating group) is 1. The highest BCUT2D eigenvalue weighted by molar-refractivity contribution is 7.09.